The van der Waals surface area contributed by atoms with Crippen molar-refractivity contribution in [3.8, 4) is 0 Å². The average molecular weight is 244 g/mol. The quantitative estimate of drug-likeness (QED) is 0.600. The lowest BCUT2D eigenvalue weighted by molar-refractivity contribution is -0.0620. The Morgan fingerprint density at radius 1 is 1.44 bits per heavy atom. The van der Waals surface area contributed by atoms with Gasteiger partial charge >= 0.3 is 0 Å². The van der Waals surface area contributed by atoms with Crippen molar-refractivity contribution in [2.24, 2.45) is 5.92 Å². The maximum absolute atomic E-state index is 5.93. The van der Waals surface area contributed by atoms with Gasteiger partial charge in [0.05, 0.1) is 17.8 Å². The zero-order valence-corrected chi connectivity index (χ0v) is 10.8. The van der Waals surface area contributed by atoms with Crippen LogP contribution in [0.4, 0.5) is 0 Å². The Hall–Kier alpha value is -1.12. The van der Waals surface area contributed by atoms with E-state index >= 15 is 0 Å². The Balaban J connectivity index is 1.86. The zero-order valence-electron chi connectivity index (χ0n) is 10.8. The van der Waals surface area contributed by atoms with E-state index in [4.69, 9.17) is 9.47 Å². The first-order valence-corrected chi connectivity index (χ1v) is 6.66. The van der Waals surface area contributed by atoms with Crippen LogP contribution in [0.2, 0.25) is 0 Å². The lowest BCUT2D eigenvalue weighted by Gasteiger charge is -2.40. The fourth-order valence-electron chi connectivity index (χ4n) is 3.36. The first kappa shape index (κ1) is 11.9. The van der Waals surface area contributed by atoms with Gasteiger partial charge in [-0.2, -0.15) is 0 Å². The summed E-state index contributed by atoms with van der Waals surface area (Å²) >= 11 is 0. The molecule has 1 saturated heterocycles. The van der Waals surface area contributed by atoms with Gasteiger partial charge in [0.1, 0.15) is 0 Å². The Morgan fingerprint density at radius 2 is 2.22 bits per heavy atom. The molecule has 1 saturated carbocycles. The number of benzene rings is 1. The van der Waals surface area contributed by atoms with Gasteiger partial charge in [-0.3, -0.25) is 0 Å². The Morgan fingerprint density at radius 3 is 2.89 bits per heavy atom. The minimum atomic E-state index is -0.138. The summed E-state index contributed by atoms with van der Waals surface area (Å²) in [7, 11) is 1.82. The molecule has 0 aromatic heterocycles. The highest BCUT2D eigenvalue weighted by molar-refractivity contribution is 5.21. The number of epoxide rings is 1. The molecule has 1 aromatic rings. The molecule has 0 bridgehead atoms. The van der Waals surface area contributed by atoms with Gasteiger partial charge < -0.3 is 9.47 Å². The standard InChI is InChI=1S/C16H20O2/c1-3-13-15-14(18-15)9-10-16(13,17-2)11-12-7-5-4-6-8-12/h3-8,13-15H,1,9-11H2,2H3. The summed E-state index contributed by atoms with van der Waals surface area (Å²) < 4.78 is 11.7. The molecule has 0 radical (unpaired) electrons. The van der Waals surface area contributed by atoms with Crippen LogP contribution in [0.15, 0.2) is 43.0 Å². The molecule has 4 unspecified atom stereocenters. The number of rotatable bonds is 4. The van der Waals surface area contributed by atoms with Gasteiger partial charge in [-0.05, 0) is 18.4 Å². The van der Waals surface area contributed by atoms with Crippen molar-refractivity contribution < 1.29 is 9.47 Å². The highest BCUT2D eigenvalue weighted by Crippen LogP contribution is 2.49. The highest BCUT2D eigenvalue weighted by Gasteiger charge is 2.57. The van der Waals surface area contributed by atoms with Crippen LogP contribution in [0.25, 0.3) is 0 Å². The van der Waals surface area contributed by atoms with Crippen LogP contribution in [-0.4, -0.2) is 24.9 Å². The molecule has 3 rings (SSSR count). The molecule has 2 fully saturated rings. The summed E-state index contributed by atoms with van der Waals surface area (Å²) in [6.45, 7) is 3.99. The van der Waals surface area contributed by atoms with Gasteiger partial charge in [0.2, 0.25) is 0 Å². The van der Waals surface area contributed by atoms with E-state index in [0.29, 0.717) is 18.1 Å². The molecule has 96 valence electrons. The Bertz CT molecular complexity index is 428. The zero-order chi connectivity index (χ0) is 12.6. The van der Waals surface area contributed by atoms with Crippen LogP contribution in [0, 0.1) is 5.92 Å². The molecule has 2 aliphatic rings. The molecule has 1 aliphatic heterocycles. The average Bonchev–Trinajstić information content (AvgIpc) is 3.19. The Labute approximate surface area is 109 Å². The molecule has 0 spiro atoms. The van der Waals surface area contributed by atoms with Crippen molar-refractivity contribution in [1.82, 2.24) is 0 Å². The normalized spacial score (nSPS) is 37.9. The summed E-state index contributed by atoms with van der Waals surface area (Å²) in [4.78, 5) is 0. The third-order valence-electron chi connectivity index (χ3n) is 4.44. The number of ether oxygens (including phenoxy) is 2. The number of hydrogen-bond donors (Lipinski definition) is 0. The minimum absolute atomic E-state index is 0.138. The third kappa shape index (κ3) is 1.90. The molecular formula is C16H20O2. The van der Waals surface area contributed by atoms with E-state index in [1.807, 2.05) is 13.2 Å². The van der Waals surface area contributed by atoms with Crippen molar-refractivity contribution >= 4 is 0 Å². The maximum Gasteiger partial charge on any atom is 0.0931 e. The number of hydrogen-bond acceptors (Lipinski definition) is 2. The van der Waals surface area contributed by atoms with Gasteiger partial charge in [0.25, 0.3) is 0 Å². The predicted octanol–water partition coefficient (Wildman–Crippen LogP) is 2.98. The third-order valence-corrected chi connectivity index (χ3v) is 4.44. The van der Waals surface area contributed by atoms with Crippen molar-refractivity contribution in [2.45, 2.75) is 37.1 Å². The van der Waals surface area contributed by atoms with Gasteiger partial charge in [-0.15, -0.1) is 6.58 Å². The summed E-state index contributed by atoms with van der Waals surface area (Å²) in [5.41, 5.74) is 1.19. The Kier molecular flexibility index (Phi) is 3.00. The van der Waals surface area contributed by atoms with E-state index in [-0.39, 0.29) is 5.60 Å². The molecule has 1 aliphatic carbocycles. The smallest absolute Gasteiger partial charge is 0.0931 e. The lowest BCUT2D eigenvalue weighted by Crippen LogP contribution is -2.47. The van der Waals surface area contributed by atoms with Crippen LogP contribution < -0.4 is 0 Å². The molecule has 2 nitrogen and oxygen atoms in total. The van der Waals surface area contributed by atoms with E-state index in [9.17, 15) is 0 Å². The molecule has 0 amide bonds. The molecule has 1 aromatic carbocycles. The van der Waals surface area contributed by atoms with E-state index in [1.165, 1.54) is 5.56 Å². The molecular weight excluding hydrogens is 224 g/mol. The van der Waals surface area contributed by atoms with Crippen LogP contribution in [0.3, 0.4) is 0 Å². The van der Waals surface area contributed by atoms with E-state index in [0.717, 1.165) is 19.3 Å². The topological polar surface area (TPSA) is 21.8 Å². The van der Waals surface area contributed by atoms with E-state index in [2.05, 4.69) is 36.9 Å². The van der Waals surface area contributed by atoms with Crippen molar-refractivity contribution in [3.63, 3.8) is 0 Å². The van der Waals surface area contributed by atoms with Crippen molar-refractivity contribution in [1.29, 1.82) is 0 Å². The van der Waals surface area contributed by atoms with Crippen molar-refractivity contribution in [2.75, 3.05) is 7.11 Å². The molecule has 0 N–H and O–H groups in total. The van der Waals surface area contributed by atoms with Crippen molar-refractivity contribution in [3.05, 3.63) is 48.6 Å². The second-order valence-electron chi connectivity index (χ2n) is 5.37. The van der Waals surface area contributed by atoms with Gasteiger partial charge in [-0.1, -0.05) is 36.4 Å². The summed E-state index contributed by atoms with van der Waals surface area (Å²) in [6, 6.07) is 10.6. The first-order valence-electron chi connectivity index (χ1n) is 6.66. The van der Waals surface area contributed by atoms with Crippen LogP contribution >= 0.6 is 0 Å². The van der Waals surface area contributed by atoms with Crippen LogP contribution in [0.1, 0.15) is 18.4 Å². The van der Waals surface area contributed by atoms with Crippen LogP contribution in [-0.2, 0) is 15.9 Å². The largest absolute Gasteiger partial charge is 0.377 e. The lowest BCUT2D eigenvalue weighted by atomic mass is 9.72. The van der Waals surface area contributed by atoms with Gasteiger partial charge in [0, 0.05) is 19.4 Å². The first-order chi connectivity index (χ1) is 8.79. The van der Waals surface area contributed by atoms with E-state index in [1.54, 1.807) is 0 Å². The molecule has 2 heteroatoms. The summed E-state index contributed by atoms with van der Waals surface area (Å²) in [5.74, 6) is 0.307. The van der Waals surface area contributed by atoms with Gasteiger partial charge in [0.15, 0.2) is 0 Å². The van der Waals surface area contributed by atoms with E-state index < -0.39 is 0 Å². The second kappa shape index (κ2) is 4.52. The molecule has 18 heavy (non-hydrogen) atoms. The number of fused-ring (bicyclic) bond motifs is 1. The van der Waals surface area contributed by atoms with Crippen LogP contribution in [0.5, 0.6) is 0 Å². The maximum atomic E-state index is 5.93. The SMILES string of the molecule is C=CC1C2OC2CCC1(Cc1ccccc1)OC. The minimum Gasteiger partial charge on any atom is -0.377 e. The van der Waals surface area contributed by atoms with Gasteiger partial charge in [-0.25, -0.2) is 0 Å². The molecule has 1 heterocycles. The molecule has 4 atom stereocenters. The predicted molar refractivity (Wildman–Crippen MR) is 71.5 cm³/mol. The highest BCUT2D eigenvalue weighted by atomic mass is 16.6. The fourth-order valence-corrected chi connectivity index (χ4v) is 3.36. The monoisotopic (exact) mass is 244 g/mol. The summed E-state index contributed by atoms with van der Waals surface area (Å²) in [5, 5.41) is 0. The number of methoxy groups -OCH3 is 1. The summed E-state index contributed by atoms with van der Waals surface area (Å²) in [6.07, 6.45) is 5.91. The fraction of sp³-hybridized carbons (Fsp3) is 0.500. The second-order valence-corrected chi connectivity index (χ2v) is 5.37.